The first-order chi connectivity index (χ1) is 8.97. The minimum Gasteiger partial charge on any atom is -0.0991 e. The summed E-state index contributed by atoms with van der Waals surface area (Å²) in [6.07, 6.45) is 13.7. The van der Waals surface area contributed by atoms with E-state index in [9.17, 15) is 0 Å². The summed E-state index contributed by atoms with van der Waals surface area (Å²) in [6, 6.07) is 0. The molecule has 0 fully saturated rings. The summed E-state index contributed by atoms with van der Waals surface area (Å²) in [5.74, 6) is 0. The van der Waals surface area contributed by atoms with Crippen molar-refractivity contribution < 1.29 is 0 Å². The van der Waals surface area contributed by atoms with Crippen LogP contribution in [0.5, 0.6) is 0 Å². The Morgan fingerprint density at radius 3 is 2.58 bits per heavy atom. The van der Waals surface area contributed by atoms with E-state index in [1.807, 2.05) is 12.2 Å². The summed E-state index contributed by atoms with van der Waals surface area (Å²) in [5, 5.41) is 0. The maximum atomic E-state index is 3.99. The third kappa shape index (κ3) is 3.82. The molecule has 0 aliphatic heterocycles. The predicted molar refractivity (Wildman–Crippen MR) is 95.7 cm³/mol. The average Bonchev–Trinajstić information content (AvgIpc) is 2.58. The Labute approximate surface area is 131 Å². The van der Waals surface area contributed by atoms with E-state index < -0.39 is 0 Å². The lowest BCUT2D eigenvalue weighted by Gasteiger charge is -2.23. The van der Waals surface area contributed by atoms with Crippen molar-refractivity contribution >= 4 is 22.6 Å². The molecule has 0 aromatic carbocycles. The molecule has 0 saturated heterocycles. The van der Waals surface area contributed by atoms with Gasteiger partial charge >= 0.3 is 0 Å². The zero-order chi connectivity index (χ0) is 14.5. The van der Waals surface area contributed by atoms with Crippen LogP contribution in [0.4, 0.5) is 0 Å². The van der Waals surface area contributed by atoms with Crippen LogP contribution >= 0.6 is 22.6 Å². The third-order valence-electron chi connectivity index (χ3n) is 3.60. The van der Waals surface area contributed by atoms with Crippen LogP contribution in [0.1, 0.15) is 27.2 Å². The van der Waals surface area contributed by atoms with Gasteiger partial charge in [-0.05, 0) is 24.5 Å². The quantitative estimate of drug-likeness (QED) is 0.320. The molecule has 1 heteroatoms. The second kappa shape index (κ2) is 7.09. The molecule has 1 aliphatic carbocycles. The molecule has 0 saturated carbocycles. The highest BCUT2D eigenvalue weighted by molar-refractivity contribution is 14.1. The van der Waals surface area contributed by atoms with Gasteiger partial charge in [-0.2, -0.15) is 0 Å². The summed E-state index contributed by atoms with van der Waals surface area (Å²) in [4.78, 5) is 0. The molecule has 1 aliphatic rings. The van der Waals surface area contributed by atoms with Crippen LogP contribution in [0.15, 0.2) is 71.9 Å². The molecule has 0 amide bonds. The zero-order valence-electron chi connectivity index (χ0n) is 12.2. The van der Waals surface area contributed by atoms with Gasteiger partial charge in [0.25, 0.3) is 0 Å². The summed E-state index contributed by atoms with van der Waals surface area (Å²) < 4.78 is 1.04. The molecule has 0 radical (unpaired) electrons. The van der Waals surface area contributed by atoms with Crippen molar-refractivity contribution in [3.8, 4) is 0 Å². The minimum absolute atomic E-state index is 0.0724. The first-order valence-corrected chi connectivity index (χ1v) is 8.08. The van der Waals surface area contributed by atoms with Crippen LogP contribution in [0, 0.1) is 5.41 Å². The Hall–Kier alpha value is -0.830. The third-order valence-corrected chi connectivity index (χ3v) is 4.11. The van der Waals surface area contributed by atoms with Crippen LogP contribution in [-0.2, 0) is 0 Å². The molecule has 0 aromatic heterocycles. The molecule has 0 atom stereocenters. The Kier molecular flexibility index (Phi) is 6.05. The monoisotopic (exact) mass is 366 g/mol. The van der Waals surface area contributed by atoms with Crippen molar-refractivity contribution in [2.45, 2.75) is 27.2 Å². The molecular weight excluding hydrogens is 343 g/mol. The molecular formula is C18H23I. The Morgan fingerprint density at radius 1 is 1.37 bits per heavy atom. The zero-order valence-corrected chi connectivity index (χ0v) is 14.3. The molecule has 0 heterocycles. The van der Waals surface area contributed by atoms with Crippen LogP contribution in [-0.4, -0.2) is 4.43 Å². The van der Waals surface area contributed by atoms with E-state index in [0.29, 0.717) is 0 Å². The lowest BCUT2D eigenvalue weighted by atomic mass is 9.81. The summed E-state index contributed by atoms with van der Waals surface area (Å²) in [6.45, 7) is 14.4. The second-order valence-corrected chi connectivity index (χ2v) is 6.20. The number of allylic oxidation sites excluding steroid dienone is 10. The number of hydrogen-bond acceptors (Lipinski definition) is 0. The van der Waals surface area contributed by atoms with Gasteiger partial charge in [0, 0.05) is 9.84 Å². The van der Waals surface area contributed by atoms with Gasteiger partial charge in [0.2, 0.25) is 0 Å². The average molecular weight is 366 g/mol. The highest BCUT2D eigenvalue weighted by Gasteiger charge is 2.34. The van der Waals surface area contributed by atoms with Crippen molar-refractivity contribution in [2.75, 3.05) is 4.43 Å². The number of halogens is 1. The maximum Gasteiger partial charge on any atom is 0.0179 e. The standard InChI is InChI=1S/C18H23I/c1-6-9-14(3)12-16-13-15(10-8-11-19)17(7-2)18(16,4)5/h6-10,12H,1-2,11,13H2,3-5H3/b10-8-,14-9-,16-12+. The minimum atomic E-state index is 0.0724. The first kappa shape index (κ1) is 16.2. The van der Waals surface area contributed by atoms with Crippen molar-refractivity contribution in [1.29, 1.82) is 0 Å². The van der Waals surface area contributed by atoms with Crippen molar-refractivity contribution in [2.24, 2.45) is 5.41 Å². The molecule has 0 spiro atoms. The van der Waals surface area contributed by atoms with E-state index in [4.69, 9.17) is 0 Å². The lowest BCUT2D eigenvalue weighted by Crippen LogP contribution is -2.11. The Bertz CT molecular complexity index is 482. The number of alkyl halides is 1. The molecule has 1 rings (SSSR count). The Morgan fingerprint density at radius 2 is 2.05 bits per heavy atom. The molecule has 0 bridgehead atoms. The molecule has 0 unspecified atom stereocenters. The summed E-state index contributed by atoms with van der Waals surface area (Å²) in [5.41, 5.74) is 5.52. The summed E-state index contributed by atoms with van der Waals surface area (Å²) >= 11 is 2.37. The molecule has 0 nitrogen and oxygen atoms in total. The van der Waals surface area contributed by atoms with E-state index in [1.165, 1.54) is 22.3 Å². The topological polar surface area (TPSA) is 0 Å². The van der Waals surface area contributed by atoms with Crippen LogP contribution in [0.2, 0.25) is 0 Å². The number of rotatable bonds is 5. The van der Waals surface area contributed by atoms with E-state index in [1.54, 1.807) is 0 Å². The first-order valence-electron chi connectivity index (χ1n) is 6.56. The number of hydrogen-bond donors (Lipinski definition) is 0. The fourth-order valence-corrected chi connectivity index (χ4v) is 2.81. The smallest absolute Gasteiger partial charge is 0.0179 e. The lowest BCUT2D eigenvalue weighted by molar-refractivity contribution is 0.567. The van der Waals surface area contributed by atoms with Gasteiger partial charge in [-0.15, -0.1) is 0 Å². The Balaban J connectivity index is 3.19. The van der Waals surface area contributed by atoms with Gasteiger partial charge in [0.15, 0.2) is 0 Å². The molecule has 0 N–H and O–H groups in total. The van der Waals surface area contributed by atoms with E-state index >= 15 is 0 Å². The maximum absolute atomic E-state index is 3.99. The SMILES string of the molecule is C=C/C=C(C)\C=C1/CC(/C=C\CI)=C(C=C)C1(C)C. The van der Waals surface area contributed by atoms with Gasteiger partial charge in [0.1, 0.15) is 0 Å². The fourth-order valence-electron chi connectivity index (χ4n) is 2.56. The van der Waals surface area contributed by atoms with Gasteiger partial charge < -0.3 is 0 Å². The van der Waals surface area contributed by atoms with E-state index in [-0.39, 0.29) is 5.41 Å². The van der Waals surface area contributed by atoms with Gasteiger partial charge in [0.05, 0.1) is 0 Å². The van der Waals surface area contributed by atoms with Crippen LogP contribution in [0.3, 0.4) is 0 Å². The van der Waals surface area contributed by atoms with E-state index in [0.717, 1.165) is 10.8 Å². The van der Waals surface area contributed by atoms with Gasteiger partial charge in [-0.1, -0.05) is 97.2 Å². The van der Waals surface area contributed by atoms with Crippen molar-refractivity contribution in [3.63, 3.8) is 0 Å². The predicted octanol–water partition coefficient (Wildman–Crippen LogP) is 5.95. The van der Waals surface area contributed by atoms with Crippen molar-refractivity contribution in [3.05, 3.63) is 71.9 Å². The van der Waals surface area contributed by atoms with Gasteiger partial charge in [-0.25, -0.2) is 0 Å². The molecule has 0 aromatic rings. The fraction of sp³-hybridized carbons (Fsp3) is 0.333. The van der Waals surface area contributed by atoms with Crippen LogP contribution < -0.4 is 0 Å². The highest BCUT2D eigenvalue weighted by Crippen LogP contribution is 2.47. The van der Waals surface area contributed by atoms with E-state index in [2.05, 4.69) is 80.8 Å². The van der Waals surface area contributed by atoms with Gasteiger partial charge in [-0.3, -0.25) is 0 Å². The van der Waals surface area contributed by atoms with Crippen molar-refractivity contribution in [1.82, 2.24) is 0 Å². The highest BCUT2D eigenvalue weighted by atomic mass is 127. The van der Waals surface area contributed by atoms with Crippen LogP contribution in [0.25, 0.3) is 0 Å². The molecule has 19 heavy (non-hydrogen) atoms. The second-order valence-electron chi connectivity index (χ2n) is 5.32. The normalized spacial score (nSPS) is 21.5. The molecule has 102 valence electrons. The largest absolute Gasteiger partial charge is 0.0991 e. The summed E-state index contributed by atoms with van der Waals surface area (Å²) in [7, 11) is 0.